The molecule has 1 aromatic heterocycles. The Morgan fingerprint density at radius 1 is 1.24 bits per heavy atom. The lowest BCUT2D eigenvalue weighted by Crippen LogP contribution is -2.32. The number of hydrogen-bond donors (Lipinski definition) is 1. The minimum atomic E-state index is -3.62. The summed E-state index contributed by atoms with van der Waals surface area (Å²) in [4.78, 5) is 18.0. The van der Waals surface area contributed by atoms with E-state index in [0.29, 0.717) is 12.1 Å². The minimum Gasteiger partial charge on any atom is -0.341 e. The molecule has 1 amide bonds. The van der Waals surface area contributed by atoms with Gasteiger partial charge < -0.3 is 4.90 Å². The third kappa shape index (κ3) is 5.37. The zero-order valence-corrected chi connectivity index (χ0v) is 15.5. The van der Waals surface area contributed by atoms with E-state index >= 15 is 0 Å². The summed E-state index contributed by atoms with van der Waals surface area (Å²) >= 11 is 0. The van der Waals surface area contributed by atoms with Crippen LogP contribution in [-0.2, 0) is 21.4 Å². The third-order valence-corrected chi connectivity index (χ3v) is 5.44. The van der Waals surface area contributed by atoms with Crippen molar-refractivity contribution in [3.05, 3.63) is 59.4 Å². The van der Waals surface area contributed by atoms with Gasteiger partial charge >= 0.3 is 0 Å². The Kier molecular flexibility index (Phi) is 6.27. The van der Waals surface area contributed by atoms with Crippen molar-refractivity contribution in [3.8, 4) is 0 Å². The topological polar surface area (TPSA) is 79.4 Å². The molecule has 1 aromatic carbocycles. The van der Waals surface area contributed by atoms with Crippen LogP contribution >= 0.6 is 0 Å². The Morgan fingerprint density at radius 2 is 2.00 bits per heavy atom. The first-order chi connectivity index (χ1) is 11.8. The summed E-state index contributed by atoms with van der Waals surface area (Å²) in [5.41, 5.74) is 2.62. The fraction of sp³-hybridized carbons (Fsp3) is 0.333. The summed E-state index contributed by atoms with van der Waals surface area (Å²) in [5, 5.41) is 0. The number of aryl methyl sites for hydroxylation is 2. The van der Waals surface area contributed by atoms with E-state index in [-0.39, 0.29) is 23.8 Å². The summed E-state index contributed by atoms with van der Waals surface area (Å²) in [6.45, 7) is 4.17. The van der Waals surface area contributed by atoms with Crippen molar-refractivity contribution in [1.82, 2.24) is 14.6 Å². The molecule has 0 saturated heterocycles. The van der Waals surface area contributed by atoms with E-state index in [1.807, 2.05) is 25.1 Å². The Morgan fingerprint density at radius 3 is 2.64 bits per heavy atom. The molecule has 0 aliphatic carbocycles. The molecule has 0 bridgehead atoms. The number of amides is 1. The lowest BCUT2D eigenvalue weighted by molar-refractivity contribution is -0.130. The summed E-state index contributed by atoms with van der Waals surface area (Å²) in [5.74, 6) is -0.132. The van der Waals surface area contributed by atoms with Crippen LogP contribution in [-0.4, -0.2) is 37.8 Å². The number of pyridine rings is 1. The van der Waals surface area contributed by atoms with Crippen molar-refractivity contribution in [2.75, 3.05) is 13.6 Å². The Balaban J connectivity index is 1.89. The highest BCUT2D eigenvalue weighted by atomic mass is 32.2. The molecule has 0 radical (unpaired) electrons. The number of hydrogen-bond acceptors (Lipinski definition) is 4. The van der Waals surface area contributed by atoms with Crippen LogP contribution in [0.3, 0.4) is 0 Å². The SMILES string of the molecule is Cc1ccc(S(=O)(=O)NCCC(=O)N(C)Cc2cccnc2)c(C)c1. The molecular weight excluding hydrogens is 338 g/mol. The second kappa shape index (κ2) is 8.22. The first kappa shape index (κ1) is 19.1. The molecule has 1 heterocycles. The van der Waals surface area contributed by atoms with Gasteiger partial charge in [-0.1, -0.05) is 23.8 Å². The number of nitrogens with zero attached hydrogens (tertiary/aromatic N) is 2. The molecule has 0 unspecified atom stereocenters. The Bertz CT molecular complexity index is 836. The van der Waals surface area contributed by atoms with Gasteiger partial charge in [-0.05, 0) is 37.1 Å². The average Bonchev–Trinajstić information content (AvgIpc) is 2.55. The number of benzene rings is 1. The zero-order chi connectivity index (χ0) is 18.4. The largest absolute Gasteiger partial charge is 0.341 e. The summed E-state index contributed by atoms with van der Waals surface area (Å²) in [7, 11) is -1.93. The predicted molar refractivity (Wildman–Crippen MR) is 96.4 cm³/mol. The van der Waals surface area contributed by atoms with E-state index in [1.165, 1.54) is 0 Å². The van der Waals surface area contributed by atoms with Crippen molar-refractivity contribution in [2.24, 2.45) is 0 Å². The van der Waals surface area contributed by atoms with Crippen LogP contribution in [0.2, 0.25) is 0 Å². The van der Waals surface area contributed by atoms with E-state index in [1.54, 1.807) is 43.4 Å². The maximum absolute atomic E-state index is 12.4. The van der Waals surface area contributed by atoms with Gasteiger partial charge in [-0.15, -0.1) is 0 Å². The van der Waals surface area contributed by atoms with Gasteiger partial charge in [0.1, 0.15) is 0 Å². The smallest absolute Gasteiger partial charge is 0.240 e. The molecule has 0 atom stereocenters. The van der Waals surface area contributed by atoms with E-state index in [4.69, 9.17) is 0 Å². The van der Waals surface area contributed by atoms with Crippen LogP contribution < -0.4 is 4.72 Å². The quantitative estimate of drug-likeness (QED) is 0.818. The van der Waals surface area contributed by atoms with Crippen molar-refractivity contribution in [1.29, 1.82) is 0 Å². The Labute approximate surface area is 148 Å². The van der Waals surface area contributed by atoms with E-state index in [0.717, 1.165) is 11.1 Å². The monoisotopic (exact) mass is 361 g/mol. The van der Waals surface area contributed by atoms with Crippen molar-refractivity contribution < 1.29 is 13.2 Å². The molecule has 0 aliphatic heterocycles. The van der Waals surface area contributed by atoms with Crippen molar-refractivity contribution in [3.63, 3.8) is 0 Å². The molecule has 6 nitrogen and oxygen atoms in total. The molecule has 0 saturated carbocycles. The molecule has 1 N–H and O–H groups in total. The Hall–Kier alpha value is -2.25. The lowest BCUT2D eigenvalue weighted by atomic mass is 10.2. The van der Waals surface area contributed by atoms with Crippen LogP contribution in [0.25, 0.3) is 0 Å². The van der Waals surface area contributed by atoms with Crippen LogP contribution in [0, 0.1) is 13.8 Å². The fourth-order valence-electron chi connectivity index (χ4n) is 2.52. The van der Waals surface area contributed by atoms with Crippen LogP contribution in [0.5, 0.6) is 0 Å². The molecule has 2 aromatic rings. The highest BCUT2D eigenvalue weighted by molar-refractivity contribution is 7.89. The van der Waals surface area contributed by atoms with Crippen molar-refractivity contribution in [2.45, 2.75) is 31.7 Å². The third-order valence-electron chi connectivity index (χ3n) is 3.82. The summed E-state index contributed by atoms with van der Waals surface area (Å²) in [6.07, 6.45) is 3.47. The minimum absolute atomic E-state index is 0.0614. The number of nitrogens with one attached hydrogen (secondary N) is 1. The molecule has 134 valence electrons. The second-order valence-corrected chi connectivity index (χ2v) is 7.76. The normalized spacial score (nSPS) is 11.3. The molecule has 0 aliphatic rings. The van der Waals surface area contributed by atoms with Gasteiger partial charge in [0.2, 0.25) is 15.9 Å². The maximum Gasteiger partial charge on any atom is 0.240 e. The fourth-order valence-corrected chi connectivity index (χ4v) is 3.77. The van der Waals surface area contributed by atoms with E-state index < -0.39 is 10.0 Å². The number of rotatable bonds is 7. The number of carbonyl (C=O) groups excluding carboxylic acids is 1. The summed E-state index contributed by atoms with van der Waals surface area (Å²) < 4.78 is 27.2. The summed E-state index contributed by atoms with van der Waals surface area (Å²) in [6, 6.07) is 8.87. The first-order valence-electron chi connectivity index (χ1n) is 7.99. The van der Waals surface area contributed by atoms with Gasteiger partial charge in [0, 0.05) is 39.0 Å². The van der Waals surface area contributed by atoms with Crippen LogP contribution in [0.15, 0.2) is 47.6 Å². The molecule has 0 spiro atoms. The van der Waals surface area contributed by atoms with Gasteiger partial charge in [-0.25, -0.2) is 13.1 Å². The zero-order valence-electron chi connectivity index (χ0n) is 14.7. The molecular formula is C18H23N3O3S. The highest BCUT2D eigenvalue weighted by Gasteiger charge is 2.17. The van der Waals surface area contributed by atoms with Crippen LogP contribution in [0.1, 0.15) is 23.1 Å². The van der Waals surface area contributed by atoms with Gasteiger partial charge in [-0.3, -0.25) is 9.78 Å². The number of sulfonamides is 1. The van der Waals surface area contributed by atoms with Crippen molar-refractivity contribution >= 4 is 15.9 Å². The highest BCUT2D eigenvalue weighted by Crippen LogP contribution is 2.16. The predicted octanol–water partition coefficient (Wildman–Crippen LogP) is 2.03. The van der Waals surface area contributed by atoms with Crippen LogP contribution in [0.4, 0.5) is 0 Å². The lowest BCUT2D eigenvalue weighted by Gasteiger charge is -2.17. The molecule has 2 rings (SSSR count). The van der Waals surface area contributed by atoms with Gasteiger partial charge in [-0.2, -0.15) is 0 Å². The maximum atomic E-state index is 12.4. The standard InChI is InChI=1S/C18H23N3O3S/c1-14-6-7-17(15(2)11-14)25(23,24)20-10-8-18(22)21(3)13-16-5-4-9-19-12-16/h4-7,9,11-12,20H,8,10,13H2,1-3H3. The molecule has 7 heteroatoms. The average molecular weight is 361 g/mol. The van der Waals surface area contributed by atoms with Gasteiger partial charge in [0.25, 0.3) is 0 Å². The van der Waals surface area contributed by atoms with E-state index in [9.17, 15) is 13.2 Å². The molecule has 0 fully saturated rings. The molecule has 25 heavy (non-hydrogen) atoms. The van der Waals surface area contributed by atoms with Gasteiger partial charge in [0.15, 0.2) is 0 Å². The van der Waals surface area contributed by atoms with E-state index in [2.05, 4.69) is 9.71 Å². The van der Waals surface area contributed by atoms with Gasteiger partial charge in [0.05, 0.1) is 4.90 Å². The second-order valence-electron chi connectivity index (χ2n) is 6.03. The number of aromatic nitrogens is 1. The first-order valence-corrected chi connectivity index (χ1v) is 9.48. The number of carbonyl (C=O) groups is 1.